The molecule has 104 valence electrons. The van der Waals surface area contributed by atoms with Crippen molar-refractivity contribution in [3.63, 3.8) is 0 Å². The van der Waals surface area contributed by atoms with E-state index < -0.39 is 0 Å². The molecule has 0 amide bonds. The molecule has 0 bridgehead atoms. The van der Waals surface area contributed by atoms with E-state index in [1.54, 1.807) is 4.68 Å². The van der Waals surface area contributed by atoms with Crippen LogP contribution in [0, 0.1) is 11.3 Å². The molecule has 0 spiro atoms. The van der Waals surface area contributed by atoms with Crippen molar-refractivity contribution in [3.05, 3.63) is 45.6 Å². The molecule has 0 aliphatic heterocycles. The van der Waals surface area contributed by atoms with Crippen molar-refractivity contribution in [2.45, 2.75) is 32.7 Å². The van der Waals surface area contributed by atoms with Gasteiger partial charge in [0.05, 0.1) is 11.7 Å². The van der Waals surface area contributed by atoms with Crippen LogP contribution in [0.25, 0.3) is 0 Å². The molecule has 1 atom stereocenters. The summed E-state index contributed by atoms with van der Waals surface area (Å²) in [6.07, 6.45) is 1.54. The van der Waals surface area contributed by atoms with Crippen LogP contribution in [0.1, 0.15) is 43.1 Å². The summed E-state index contributed by atoms with van der Waals surface area (Å²) < 4.78 is 2.79. The molecule has 2 rings (SSSR count). The summed E-state index contributed by atoms with van der Waals surface area (Å²) in [6.45, 7) is 4.13. The Morgan fingerprint density at radius 3 is 2.60 bits per heavy atom. The van der Waals surface area contributed by atoms with Gasteiger partial charge in [-0.3, -0.25) is 0 Å². The zero-order valence-electron chi connectivity index (χ0n) is 11.6. The first-order chi connectivity index (χ1) is 9.56. The molecule has 0 aliphatic carbocycles. The molecule has 2 N–H and O–H groups in total. The third-order valence-electron chi connectivity index (χ3n) is 3.42. The Balaban J connectivity index is 2.36. The number of nitrogens with two attached hydrogens (primary N) is 1. The molecule has 0 fully saturated rings. The van der Waals surface area contributed by atoms with Gasteiger partial charge in [-0.2, -0.15) is 10.4 Å². The molecule has 20 heavy (non-hydrogen) atoms. The van der Waals surface area contributed by atoms with Gasteiger partial charge in [0.2, 0.25) is 0 Å². The molecule has 2 aromatic rings. The van der Waals surface area contributed by atoms with Crippen LogP contribution in [-0.4, -0.2) is 9.78 Å². The number of rotatable bonds is 4. The molecule has 1 aromatic heterocycles. The lowest BCUT2D eigenvalue weighted by Gasteiger charge is -2.10. The van der Waals surface area contributed by atoms with Gasteiger partial charge in [-0.15, -0.1) is 0 Å². The summed E-state index contributed by atoms with van der Waals surface area (Å²) in [6, 6.07) is 10.4. The number of nitriles is 1. The minimum absolute atomic E-state index is 0.195. The van der Waals surface area contributed by atoms with Gasteiger partial charge < -0.3 is 5.73 Å². The van der Waals surface area contributed by atoms with Gasteiger partial charge in [-0.25, -0.2) is 4.68 Å². The zero-order chi connectivity index (χ0) is 14.7. The van der Waals surface area contributed by atoms with Crippen molar-refractivity contribution in [1.29, 1.82) is 5.26 Å². The smallest absolute Gasteiger partial charge is 0.140 e. The Bertz CT molecular complexity index is 637. The molecule has 0 saturated carbocycles. The lowest BCUT2D eigenvalue weighted by atomic mass is 10.1. The van der Waals surface area contributed by atoms with E-state index >= 15 is 0 Å². The fourth-order valence-electron chi connectivity index (χ4n) is 2.05. The molecular formula is C15H17BrN4. The second kappa shape index (κ2) is 6.10. The topological polar surface area (TPSA) is 67.6 Å². The van der Waals surface area contributed by atoms with Crippen molar-refractivity contribution in [3.8, 4) is 6.07 Å². The SMILES string of the molecule is CCC(C)n1nc(Cc2ccc(Br)cc2)c(C#N)c1N. The number of benzene rings is 1. The molecule has 5 heteroatoms. The average molecular weight is 333 g/mol. The summed E-state index contributed by atoms with van der Waals surface area (Å²) in [5.41, 5.74) is 8.39. The standard InChI is InChI=1S/C15H17BrN4/c1-3-10(2)20-15(18)13(9-17)14(19-20)8-11-4-6-12(16)7-5-11/h4-7,10H,3,8,18H2,1-2H3. The van der Waals surface area contributed by atoms with Gasteiger partial charge in [0.1, 0.15) is 17.5 Å². The van der Waals surface area contributed by atoms with Crippen molar-refractivity contribution in [2.24, 2.45) is 0 Å². The summed E-state index contributed by atoms with van der Waals surface area (Å²) >= 11 is 3.41. The van der Waals surface area contributed by atoms with E-state index in [4.69, 9.17) is 5.73 Å². The summed E-state index contributed by atoms with van der Waals surface area (Å²) in [5, 5.41) is 13.8. The average Bonchev–Trinajstić information content (AvgIpc) is 2.76. The zero-order valence-corrected chi connectivity index (χ0v) is 13.2. The fraction of sp³-hybridized carbons (Fsp3) is 0.333. The van der Waals surface area contributed by atoms with Crippen molar-refractivity contribution < 1.29 is 0 Å². The van der Waals surface area contributed by atoms with Crippen LogP contribution in [0.4, 0.5) is 5.82 Å². The lowest BCUT2D eigenvalue weighted by Crippen LogP contribution is -2.09. The molecule has 0 aliphatic rings. The van der Waals surface area contributed by atoms with Crippen LogP contribution >= 0.6 is 15.9 Å². The van der Waals surface area contributed by atoms with Crippen molar-refractivity contribution in [1.82, 2.24) is 9.78 Å². The first-order valence-electron chi connectivity index (χ1n) is 6.58. The number of nitrogens with zero attached hydrogens (tertiary/aromatic N) is 3. The monoisotopic (exact) mass is 332 g/mol. The molecule has 0 saturated heterocycles. The Morgan fingerprint density at radius 2 is 2.05 bits per heavy atom. The first-order valence-corrected chi connectivity index (χ1v) is 7.37. The van der Waals surface area contributed by atoms with Crippen LogP contribution in [0.2, 0.25) is 0 Å². The first kappa shape index (κ1) is 14.6. The maximum atomic E-state index is 9.30. The number of nitrogen functional groups attached to an aromatic ring is 1. The van der Waals surface area contributed by atoms with E-state index in [0.717, 1.165) is 22.2 Å². The van der Waals surface area contributed by atoms with Crippen LogP contribution in [0.3, 0.4) is 0 Å². The minimum atomic E-state index is 0.195. The largest absolute Gasteiger partial charge is 0.383 e. The third-order valence-corrected chi connectivity index (χ3v) is 3.95. The van der Waals surface area contributed by atoms with Crippen LogP contribution in [0.15, 0.2) is 28.7 Å². The van der Waals surface area contributed by atoms with E-state index in [-0.39, 0.29) is 6.04 Å². The van der Waals surface area contributed by atoms with Gasteiger partial charge in [0.25, 0.3) is 0 Å². The number of anilines is 1. The van der Waals surface area contributed by atoms with Gasteiger partial charge in [-0.05, 0) is 31.0 Å². The second-order valence-electron chi connectivity index (χ2n) is 4.82. The Labute approximate surface area is 127 Å². The normalized spacial score (nSPS) is 12.1. The van der Waals surface area contributed by atoms with Gasteiger partial charge in [-0.1, -0.05) is 35.0 Å². The van der Waals surface area contributed by atoms with E-state index in [2.05, 4.69) is 34.0 Å². The van der Waals surface area contributed by atoms with Crippen molar-refractivity contribution >= 4 is 21.7 Å². The Morgan fingerprint density at radius 1 is 1.40 bits per heavy atom. The molecule has 1 heterocycles. The third kappa shape index (κ3) is 2.86. The highest BCUT2D eigenvalue weighted by Gasteiger charge is 2.18. The van der Waals surface area contributed by atoms with Gasteiger partial charge in [0, 0.05) is 10.9 Å². The molecule has 1 unspecified atom stereocenters. The highest BCUT2D eigenvalue weighted by Crippen LogP contribution is 2.24. The van der Waals surface area contributed by atoms with E-state index in [0.29, 0.717) is 17.8 Å². The minimum Gasteiger partial charge on any atom is -0.383 e. The van der Waals surface area contributed by atoms with Gasteiger partial charge >= 0.3 is 0 Å². The predicted octanol–water partition coefficient (Wildman–Crippen LogP) is 3.66. The van der Waals surface area contributed by atoms with Gasteiger partial charge in [0.15, 0.2) is 0 Å². The molecule has 0 radical (unpaired) electrons. The van der Waals surface area contributed by atoms with E-state index in [1.165, 1.54) is 0 Å². The van der Waals surface area contributed by atoms with E-state index in [9.17, 15) is 5.26 Å². The molecular weight excluding hydrogens is 316 g/mol. The summed E-state index contributed by atoms with van der Waals surface area (Å²) in [5.74, 6) is 0.467. The highest BCUT2D eigenvalue weighted by atomic mass is 79.9. The number of halogens is 1. The van der Waals surface area contributed by atoms with Crippen LogP contribution in [0.5, 0.6) is 0 Å². The highest BCUT2D eigenvalue weighted by molar-refractivity contribution is 9.10. The number of hydrogen-bond donors (Lipinski definition) is 1. The quantitative estimate of drug-likeness (QED) is 0.928. The molecule has 4 nitrogen and oxygen atoms in total. The number of aromatic nitrogens is 2. The lowest BCUT2D eigenvalue weighted by molar-refractivity contribution is 0.481. The van der Waals surface area contributed by atoms with E-state index in [1.807, 2.05) is 31.2 Å². The van der Waals surface area contributed by atoms with Crippen molar-refractivity contribution in [2.75, 3.05) is 5.73 Å². The Hall–Kier alpha value is -1.80. The van der Waals surface area contributed by atoms with Crippen LogP contribution in [-0.2, 0) is 6.42 Å². The second-order valence-corrected chi connectivity index (χ2v) is 5.74. The fourth-order valence-corrected chi connectivity index (χ4v) is 2.31. The van der Waals surface area contributed by atoms with Crippen LogP contribution < -0.4 is 5.73 Å². The maximum Gasteiger partial charge on any atom is 0.140 e. The number of hydrogen-bond acceptors (Lipinski definition) is 3. The summed E-state index contributed by atoms with van der Waals surface area (Å²) in [7, 11) is 0. The predicted molar refractivity (Wildman–Crippen MR) is 83.3 cm³/mol. The molecule has 1 aromatic carbocycles. The Kier molecular flexibility index (Phi) is 4.46. The maximum absolute atomic E-state index is 9.30. The summed E-state index contributed by atoms with van der Waals surface area (Å²) in [4.78, 5) is 0.